The van der Waals surface area contributed by atoms with Crippen molar-refractivity contribution in [3.8, 4) is 0 Å². The zero-order valence-corrected chi connectivity index (χ0v) is 19.4. The summed E-state index contributed by atoms with van der Waals surface area (Å²) in [5, 5.41) is -0.403. The molecule has 1 aliphatic heterocycles. The largest absolute Gasteiger partial charge is 0.436 e. The van der Waals surface area contributed by atoms with Gasteiger partial charge in [0.25, 0.3) is 0 Å². The number of aliphatic imine (C=N–C) groups is 1. The van der Waals surface area contributed by atoms with Gasteiger partial charge in [-0.15, -0.1) is 0 Å². The number of rotatable bonds is 5. The normalized spacial score (nSPS) is 21.5. The highest BCUT2D eigenvalue weighted by molar-refractivity contribution is 6.32. The van der Waals surface area contributed by atoms with Crippen LogP contribution < -0.4 is 0 Å². The molecule has 33 heavy (non-hydrogen) atoms. The predicted octanol–water partition coefficient (Wildman–Crippen LogP) is 8.31. The molecule has 1 aromatic heterocycles. The summed E-state index contributed by atoms with van der Waals surface area (Å²) >= 11 is 6.10. The number of alkyl halides is 3. The Labute approximate surface area is 196 Å². The lowest BCUT2D eigenvalue weighted by atomic mass is 9.80. The fraction of sp³-hybridized carbons (Fsp3) is 0.385. The third kappa shape index (κ3) is 5.16. The Bertz CT molecular complexity index is 1180. The summed E-state index contributed by atoms with van der Waals surface area (Å²) < 4.78 is 47.2. The quantitative estimate of drug-likeness (QED) is 0.408. The molecule has 1 aromatic carbocycles. The minimum atomic E-state index is -4.65. The third-order valence-corrected chi connectivity index (χ3v) is 6.64. The molecule has 0 N–H and O–H groups in total. The van der Waals surface area contributed by atoms with Gasteiger partial charge < -0.3 is 4.42 Å². The summed E-state index contributed by atoms with van der Waals surface area (Å²) in [6, 6.07) is 1.30. The first-order chi connectivity index (χ1) is 15.8. The molecule has 2 heterocycles. The number of fused-ring (bicyclic) bond motifs is 1. The van der Waals surface area contributed by atoms with Crippen LogP contribution in [0, 0.1) is 11.8 Å². The monoisotopic (exact) mass is 474 g/mol. The van der Waals surface area contributed by atoms with Crippen LogP contribution in [0.1, 0.15) is 56.5 Å². The van der Waals surface area contributed by atoms with E-state index >= 15 is 0 Å². The van der Waals surface area contributed by atoms with E-state index in [1.54, 1.807) is 30.5 Å². The number of halogens is 4. The van der Waals surface area contributed by atoms with E-state index in [0.29, 0.717) is 29.5 Å². The van der Waals surface area contributed by atoms with Crippen LogP contribution in [-0.2, 0) is 6.18 Å². The summed E-state index contributed by atoms with van der Waals surface area (Å²) in [5.41, 5.74) is 1.42. The maximum atomic E-state index is 13.8. The van der Waals surface area contributed by atoms with Gasteiger partial charge in [-0.1, -0.05) is 48.4 Å². The molecule has 2 atom stereocenters. The van der Waals surface area contributed by atoms with Crippen LogP contribution in [0.5, 0.6) is 0 Å². The summed E-state index contributed by atoms with van der Waals surface area (Å²) in [4.78, 5) is 8.42. The molecule has 174 valence electrons. The van der Waals surface area contributed by atoms with Gasteiger partial charge in [-0.2, -0.15) is 13.2 Å². The average Bonchev–Trinajstić information content (AvgIpc) is 2.98. The average molecular weight is 475 g/mol. The molecule has 4 rings (SSSR count). The number of nitrogens with zero attached hydrogens (tertiary/aromatic N) is 2. The Kier molecular flexibility index (Phi) is 6.94. The molecule has 0 radical (unpaired) electrons. The number of benzene rings is 1. The Morgan fingerprint density at radius 2 is 2.06 bits per heavy atom. The van der Waals surface area contributed by atoms with Crippen molar-refractivity contribution in [2.45, 2.75) is 45.7 Å². The van der Waals surface area contributed by atoms with Crippen molar-refractivity contribution in [2.75, 3.05) is 6.54 Å². The van der Waals surface area contributed by atoms with E-state index in [4.69, 9.17) is 16.0 Å². The fourth-order valence-electron chi connectivity index (χ4n) is 4.60. The molecule has 0 amide bonds. The molecule has 3 nitrogen and oxygen atoms in total. The number of hydrogen-bond donors (Lipinski definition) is 0. The first kappa shape index (κ1) is 23.6. The Hall–Kier alpha value is -2.60. The van der Waals surface area contributed by atoms with E-state index in [9.17, 15) is 13.2 Å². The van der Waals surface area contributed by atoms with Gasteiger partial charge in [0, 0.05) is 11.8 Å². The first-order valence-electron chi connectivity index (χ1n) is 11.2. The molecule has 7 heteroatoms. The molecular formula is C26H26ClF3N2O. The van der Waals surface area contributed by atoms with Crippen molar-refractivity contribution < 1.29 is 17.6 Å². The van der Waals surface area contributed by atoms with Gasteiger partial charge in [0.15, 0.2) is 5.58 Å². The Morgan fingerprint density at radius 1 is 1.24 bits per heavy atom. The van der Waals surface area contributed by atoms with E-state index in [1.165, 1.54) is 18.1 Å². The molecule has 2 aliphatic rings. The highest BCUT2D eigenvalue weighted by Gasteiger charge is 2.38. The van der Waals surface area contributed by atoms with Gasteiger partial charge in [-0.3, -0.25) is 4.99 Å². The van der Waals surface area contributed by atoms with E-state index in [-0.39, 0.29) is 17.0 Å². The molecule has 2 aromatic rings. The second kappa shape index (κ2) is 9.72. The van der Waals surface area contributed by atoms with Crippen LogP contribution in [-0.4, -0.2) is 17.7 Å². The molecule has 0 saturated carbocycles. The topological polar surface area (TPSA) is 38.4 Å². The van der Waals surface area contributed by atoms with Crippen molar-refractivity contribution in [1.82, 2.24) is 4.98 Å². The molecule has 0 saturated heterocycles. The second-order valence-corrected chi connectivity index (χ2v) is 8.97. The molecule has 1 aliphatic carbocycles. The van der Waals surface area contributed by atoms with Crippen molar-refractivity contribution in [1.29, 1.82) is 0 Å². The number of hydrogen-bond acceptors (Lipinski definition) is 3. The lowest BCUT2D eigenvalue weighted by Crippen LogP contribution is -2.11. The van der Waals surface area contributed by atoms with Gasteiger partial charge in [0.05, 0.1) is 11.6 Å². The van der Waals surface area contributed by atoms with E-state index in [0.717, 1.165) is 19.3 Å². The van der Waals surface area contributed by atoms with Gasteiger partial charge in [-0.05, 0) is 68.2 Å². The smallest absolute Gasteiger partial charge is 0.420 e. The summed E-state index contributed by atoms with van der Waals surface area (Å²) in [7, 11) is 0. The SMILES string of the molecule is CCC1CCC(C/C=C/c2nc3c(C(F)(F)F)c(Cl)cc(C4=CC=CC=NC4)c3o2)C=C1C. The number of oxazole rings is 1. The lowest BCUT2D eigenvalue weighted by molar-refractivity contribution is -0.136. The van der Waals surface area contributed by atoms with Gasteiger partial charge in [-0.25, -0.2) is 4.98 Å². The molecule has 0 bridgehead atoms. The molecule has 2 unspecified atom stereocenters. The minimum Gasteiger partial charge on any atom is -0.436 e. The van der Waals surface area contributed by atoms with Crippen LogP contribution >= 0.6 is 11.6 Å². The van der Waals surface area contributed by atoms with Crippen LogP contribution in [0.25, 0.3) is 22.7 Å². The standard InChI is InChI=1S/C26H26ClF3N2O/c1-3-18-11-10-17(13-16(18)2)7-6-9-22-32-24-23(26(28,29)30)21(27)14-20(25(24)33-22)19-8-4-5-12-31-15-19/h4-6,8-9,12-14,17-18H,3,7,10-11,15H2,1-2H3/b9-6+. The van der Waals surface area contributed by atoms with Crippen molar-refractivity contribution in [2.24, 2.45) is 16.8 Å². The predicted molar refractivity (Wildman–Crippen MR) is 128 cm³/mol. The summed E-state index contributed by atoms with van der Waals surface area (Å²) in [6.45, 7) is 4.69. The maximum Gasteiger partial charge on any atom is 0.420 e. The zero-order valence-electron chi connectivity index (χ0n) is 18.6. The fourth-order valence-corrected chi connectivity index (χ4v) is 4.90. The summed E-state index contributed by atoms with van der Waals surface area (Å²) in [6.07, 6.45) is 12.5. The van der Waals surface area contributed by atoms with Crippen molar-refractivity contribution in [3.05, 3.63) is 64.1 Å². The number of allylic oxidation sites excluding steroid dienone is 6. The maximum absolute atomic E-state index is 13.8. The van der Waals surface area contributed by atoms with E-state index < -0.39 is 16.8 Å². The number of aromatic nitrogens is 1. The molecule has 0 fully saturated rings. The van der Waals surface area contributed by atoms with Crippen LogP contribution in [0.3, 0.4) is 0 Å². The second-order valence-electron chi connectivity index (χ2n) is 8.57. The first-order valence-corrected chi connectivity index (χ1v) is 11.6. The Morgan fingerprint density at radius 3 is 2.79 bits per heavy atom. The van der Waals surface area contributed by atoms with Crippen LogP contribution in [0.4, 0.5) is 13.2 Å². The summed E-state index contributed by atoms with van der Waals surface area (Å²) in [5.74, 6) is 1.21. The lowest BCUT2D eigenvalue weighted by Gasteiger charge is -2.25. The van der Waals surface area contributed by atoms with E-state index in [2.05, 4.69) is 29.9 Å². The van der Waals surface area contributed by atoms with Gasteiger partial charge in [0.1, 0.15) is 11.1 Å². The Balaban J connectivity index is 1.69. The highest BCUT2D eigenvalue weighted by atomic mass is 35.5. The van der Waals surface area contributed by atoms with E-state index in [1.807, 2.05) is 6.08 Å². The van der Waals surface area contributed by atoms with Crippen LogP contribution in [0.15, 0.2) is 51.4 Å². The zero-order chi connectivity index (χ0) is 23.6. The minimum absolute atomic E-state index is 0.0716. The van der Waals surface area contributed by atoms with Crippen molar-refractivity contribution in [3.63, 3.8) is 0 Å². The van der Waals surface area contributed by atoms with Crippen molar-refractivity contribution >= 4 is 40.6 Å². The highest BCUT2D eigenvalue weighted by Crippen LogP contribution is 2.43. The molecule has 0 spiro atoms. The van der Waals surface area contributed by atoms with Gasteiger partial charge >= 0.3 is 6.18 Å². The third-order valence-electron chi connectivity index (χ3n) is 6.35. The van der Waals surface area contributed by atoms with Crippen LogP contribution in [0.2, 0.25) is 5.02 Å². The molecular weight excluding hydrogens is 449 g/mol. The van der Waals surface area contributed by atoms with Gasteiger partial charge in [0.2, 0.25) is 5.89 Å².